The Balaban J connectivity index is 0.000000479. The van der Waals surface area contributed by atoms with Crippen LogP contribution in [0.15, 0.2) is 42.7 Å². The van der Waals surface area contributed by atoms with Crippen molar-refractivity contribution in [2.24, 2.45) is 5.92 Å². The van der Waals surface area contributed by atoms with Crippen molar-refractivity contribution in [1.29, 1.82) is 0 Å². The lowest BCUT2D eigenvalue weighted by atomic mass is 9.63. The number of likely N-dealkylation sites (tertiary alicyclic amines) is 1. The van der Waals surface area contributed by atoms with Crippen molar-refractivity contribution >= 4 is 11.9 Å². The van der Waals surface area contributed by atoms with Gasteiger partial charge < -0.3 is 30.0 Å². The van der Waals surface area contributed by atoms with Gasteiger partial charge in [0.1, 0.15) is 0 Å². The van der Waals surface area contributed by atoms with Crippen LogP contribution in [-0.2, 0) is 10.2 Å². The predicted octanol–water partition coefficient (Wildman–Crippen LogP) is 2.75. The van der Waals surface area contributed by atoms with E-state index in [2.05, 4.69) is 29.4 Å². The summed E-state index contributed by atoms with van der Waals surface area (Å²) in [6, 6.07) is 9.51. The van der Waals surface area contributed by atoms with E-state index >= 15 is 0 Å². The predicted molar refractivity (Wildman–Crippen MR) is 126 cm³/mol. The number of nitrogens with zero attached hydrogens (tertiary/aromatic N) is 2. The number of aromatic nitrogens is 1. The van der Waals surface area contributed by atoms with Gasteiger partial charge in [0.15, 0.2) is 23.9 Å². The second-order valence-corrected chi connectivity index (χ2v) is 9.31. The number of ether oxygens (including phenoxy) is 2. The quantitative estimate of drug-likeness (QED) is 0.456. The van der Waals surface area contributed by atoms with Gasteiger partial charge >= 0.3 is 12.1 Å². The molecule has 4 rings (SSSR count). The van der Waals surface area contributed by atoms with E-state index < -0.39 is 12.1 Å². The van der Waals surface area contributed by atoms with Crippen molar-refractivity contribution < 1.29 is 42.1 Å². The molecule has 1 saturated heterocycles. The van der Waals surface area contributed by atoms with Gasteiger partial charge in [-0.05, 0) is 49.9 Å². The number of likely N-dealkylation sites (N-methyl/N-ethyl adjacent to an activating group) is 1. The standard InChI is InChI=1S/C23H29N3O4.C2HF3O2/c1-25-14-18-12-19(24-22(27)16-7-10-26(28)11-8-16)6-9-23(18,15-25)17-4-5-20(29-2)21(13-17)30-3;3-2(4,5)1(6)7/h4-5,7-8,10-11,13,18-19H,6,9,12,14-15H2,1-3H3,(H,24,27);(H,6,7). The zero-order valence-corrected chi connectivity index (χ0v) is 20.7. The maximum Gasteiger partial charge on any atom is 0.490 e. The van der Waals surface area contributed by atoms with Crippen molar-refractivity contribution in [2.75, 3.05) is 34.4 Å². The molecule has 1 amide bonds. The first-order valence-corrected chi connectivity index (χ1v) is 11.6. The second-order valence-electron chi connectivity index (χ2n) is 9.31. The molecule has 1 aliphatic heterocycles. The fraction of sp³-hybridized carbons (Fsp3) is 0.480. The summed E-state index contributed by atoms with van der Waals surface area (Å²) in [4.78, 5) is 23.9. The van der Waals surface area contributed by atoms with Crippen molar-refractivity contribution in [2.45, 2.75) is 36.9 Å². The van der Waals surface area contributed by atoms with Crippen molar-refractivity contribution in [3.05, 3.63) is 59.1 Å². The van der Waals surface area contributed by atoms with Crippen molar-refractivity contribution in [3.8, 4) is 11.5 Å². The molecule has 3 unspecified atom stereocenters. The Morgan fingerprint density at radius 3 is 2.35 bits per heavy atom. The lowest BCUT2D eigenvalue weighted by molar-refractivity contribution is -0.605. The van der Waals surface area contributed by atoms with Gasteiger partial charge in [-0.3, -0.25) is 4.79 Å². The van der Waals surface area contributed by atoms with Gasteiger partial charge in [-0.2, -0.15) is 17.9 Å². The maximum atomic E-state index is 12.6. The number of carbonyl (C=O) groups excluding carboxylic acids is 1. The zero-order valence-electron chi connectivity index (χ0n) is 20.7. The molecule has 2 aromatic rings. The molecule has 0 bridgehead atoms. The fourth-order valence-electron chi connectivity index (χ4n) is 5.28. The van der Waals surface area contributed by atoms with E-state index in [1.165, 1.54) is 18.0 Å². The highest BCUT2D eigenvalue weighted by Crippen LogP contribution is 2.49. The summed E-state index contributed by atoms with van der Waals surface area (Å²) in [5, 5.41) is 21.5. The van der Waals surface area contributed by atoms with Crippen LogP contribution in [0.5, 0.6) is 11.5 Å². The fourth-order valence-corrected chi connectivity index (χ4v) is 5.28. The highest BCUT2D eigenvalue weighted by atomic mass is 19.4. The molecule has 12 heteroatoms. The minimum absolute atomic E-state index is 0.0520. The van der Waals surface area contributed by atoms with Crippen LogP contribution < -0.4 is 19.5 Å². The van der Waals surface area contributed by atoms with E-state index in [0.717, 1.165) is 43.9 Å². The topological polar surface area (TPSA) is 115 Å². The number of carboxylic acid groups (broad SMARTS) is 1. The molecule has 2 aliphatic rings. The minimum Gasteiger partial charge on any atom is -0.619 e. The number of carboxylic acids is 1. The first-order valence-electron chi connectivity index (χ1n) is 11.6. The summed E-state index contributed by atoms with van der Waals surface area (Å²) in [5.41, 5.74) is 1.85. The number of aliphatic carboxylic acids is 1. The van der Waals surface area contributed by atoms with Crippen LogP contribution in [0.4, 0.5) is 13.2 Å². The van der Waals surface area contributed by atoms with E-state index in [-0.39, 0.29) is 17.4 Å². The van der Waals surface area contributed by atoms with Gasteiger partial charge in [0, 0.05) is 36.7 Å². The van der Waals surface area contributed by atoms with Gasteiger partial charge in [-0.1, -0.05) is 6.07 Å². The summed E-state index contributed by atoms with van der Waals surface area (Å²) < 4.78 is 43.4. The molecule has 2 N–H and O–H groups in total. The minimum atomic E-state index is -5.08. The molecule has 1 aliphatic carbocycles. The SMILES string of the molecule is COc1ccc(C23CCC(NC(=O)c4cc[n+]([O-])cc4)CC2CN(C)C3)cc1OC.O=C(O)C(F)(F)F. The molecule has 37 heavy (non-hydrogen) atoms. The summed E-state index contributed by atoms with van der Waals surface area (Å²) in [6.45, 7) is 2.00. The number of methoxy groups -OCH3 is 2. The Morgan fingerprint density at radius 2 is 1.78 bits per heavy atom. The third-order valence-electron chi connectivity index (χ3n) is 6.97. The number of carbonyl (C=O) groups is 2. The number of hydrogen-bond donors (Lipinski definition) is 2. The van der Waals surface area contributed by atoms with Crippen LogP contribution >= 0.6 is 0 Å². The summed E-state index contributed by atoms with van der Waals surface area (Å²) >= 11 is 0. The van der Waals surface area contributed by atoms with Gasteiger partial charge in [0.05, 0.1) is 19.8 Å². The van der Waals surface area contributed by atoms with Crippen LogP contribution in [0.3, 0.4) is 0 Å². The van der Waals surface area contributed by atoms with E-state index in [1.54, 1.807) is 26.4 Å². The lowest BCUT2D eigenvalue weighted by Gasteiger charge is -2.42. The highest BCUT2D eigenvalue weighted by Gasteiger charge is 2.50. The Labute approximate surface area is 212 Å². The molecule has 0 radical (unpaired) electrons. The van der Waals surface area contributed by atoms with E-state index in [9.17, 15) is 23.2 Å². The molecule has 2 fully saturated rings. The molecule has 1 aromatic heterocycles. The molecule has 0 spiro atoms. The van der Waals surface area contributed by atoms with Gasteiger partial charge in [-0.15, -0.1) is 0 Å². The average Bonchev–Trinajstić information content (AvgIpc) is 3.20. The molecular formula is C25H30F3N3O6. The van der Waals surface area contributed by atoms with Gasteiger partial charge in [-0.25, -0.2) is 4.79 Å². The number of fused-ring (bicyclic) bond motifs is 1. The Bertz CT molecular complexity index is 1110. The van der Waals surface area contributed by atoms with E-state index in [4.69, 9.17) is 19.4 Å². The summed E-state index contributed by atoms with van der Waals surface area (Å²) in [7, 11) is 5.48. The van der Waals surface area contributed by atoms with Crippen LogP contribution in [0.1, 0.15) is 35.2 Å². The first-order chi connectivity index (χ1) is 17.4. The Hall–Kier alpha value is -3.54. The molecule has 3 atom stereocenters. The van der Waals surface area contributed by atoms with Crippen LogP contribution in [-0.4, -0.2) is 68.5 Å². The van der Waals surface area contributed by atoms with Crippen molar-refractivity contribution in [1.82, 2.24) is 10.2 Å². The van der Waals surface area contributed by atoms with Crippen LogP contribution in [0, 0.1) is 11.1 Å². The smallest absolute Gasteiger partial charge is 0.490 e. The number of halogens is 3. The number of hydrogen-bond acceptors (Lipinski definition) is 6. The molecule has 202 valence electrons. The monoisotopic (exact) mass is 525 g/mol. The third kappa shape index (κ3) is 6.43. The van der Waals surface area contributed by atoms with Gasteiger partial charge in [0.25, 0.3) is 5.91 Å². The summed E-state index contributed by atoms with van der Waals surface area (Å²) in [6.07, 6.45) is 0.461. The van der Waals surface area contributed by atoms with Crippen LogP contribution in [0.25, 0.3) is 0 Å². The molecule has 2 heterocycles. The lowest BCUT2D eigenvalue weighted by Crippen LogP contribution is -2.47. The summed E-state index contributed by atoms with van der Waals surface area (Å²) in [5.74, 6) is -0.936. The largest absolute Gasteiger partial charge is 0.619 e. The number of alkyl halides is 3. The highest BCUT2D eigenvalue weighted by molar-refractivity contribution is 5.94. The number of amides is 1. The molecular weight excluding hydrogens is 495 g/mol. The van der Waals surface area contributed by atoms with E-state index in [1.807, 2.05) is 6.07 Å². The van der Waals surface area contributed by atoms with Crippen LogP contribution in [0.2, 0.25) is 0 Å². The van der Waals surface area contributed by atoms with Crippen molar-refractivity contribution in [3.63, 3.8) is 0 Å². The second kappa shape index (κ2) is 11.2. The first kappa shape index (κ1) is 28.0. The Morgan fingerprint density at radius 1 is 1.16 bits per heavy atom. The number of benzene rings is 1. The third-order valence-corrected chi connectivity index (χ3v) is 6.97. The normalized spacial score (nSPS) is 23.3. The molecule has 1 aromatic carbocycles. The zero-order chi connectivity index (χ0) is 27.4. The molecule has 9 nitrogen and oxygen atoms in total. The average molecular weight is 526 g/mol. The maximum absolute atomic E-state index is 12.6. The molecule has 1 saturated carbocycles. The van der Waals surface area contributed by atoms with Gasteiger partial charge in [0.2, 0.25) is 0 Å². The Kier molecular flexibility index (Phi) is 8.52. The number of pyridine rings is 1. The van der Waals surface area contributed by atoms with E-state index in [0.29, 0.717) is 16.2 Å². The number of rotatable bonds is 5. The number of nitrogens with one attached hydrogen (secondary N) is 1.